The highest BCUT2D eigenvalue weighted by molar-refractivity contribution is 4.87. The van der Waals surface area contributed by atoms with E-state index in [4.69, 9.17) is 4.74 Å². The fourth-order valence-electron chi connectivity index (χ4n) is 2.33. The average Bonchev–Trinajstić information content (AvgIpc) is 2.23. The van der Waals surface area contributed by atoms with E-state index in [1.54, 1.807) is 0 Å². The molecule has 3 atom stereocenters. The lowest BCUT2D eigenvalue weighted by atomic mass is 9.81. The van der Waals surface area contributed by atoms with Crippen molar-refractivity contribution >= 4 is 0 Å². The molecule has 0 aliphatic rings. The summed E-state index contributed by atoms with van der Waals surface area (Å²) in [4.78, 5) is 0. The van der Waals surface area contributed by atoms with E-state index in [1.807, 2.05) is 0 Å². The van der Waals surface area contributed by atoms with E-state index in [9.17, 15) is 0 Å². The van der Waals surface area contributed by atoms with Crippen molar-refractivity contribution < 1.29 is 4.74 Å². The molecule has 0 rings (SSSR count). The van der Waals surface area contributed by atoms with E-state index >= 15 is 0 Å². The predicted octanol–water partition coefficient (Wildman–Crippen LogP) is 3.85. The molecule has 0 spiro atoms. The summed E-state index contributed by atoms with van der Waals surface area (Å²) in [6, 6.07) is 0.468. The molecule has 0 heterocycles. The Balaban J connectivity index is 4.70. The van der Waals surface area contributed by atoms with Crippen LogP contribution in [0.15, 0.2) is 0 Å². The Labute approximate surface area is 109 Å². The molecule has 0 aliphatic carbocycles. The molecule has 0 saturated carbocycles. The molecule has 104 valence electrons. The first-order chi connectivity index (χ1) is 7.86. The molecule has 0 aromatic carbocycles. The van der Waals surface area contributed by atoms with Crippen molar-refractivity contribution in [1.82, 2.24) is 5.32 Å². The lowest BCUT2D eigenvalue weighted by molar-refractivity contribution is -0.0398. The molecule has 3 unspecified atom stereocenters. The van der Waals surface area contributed by atoms with E-state index in [-0.39, 0.29) is 5.41 Å². The Bertz CT molecular complexity index is 186. The van der Waals surface area contributed by atoms with Crippen LogP contribution in [0.5, 0.6) is 0 Å². The van der Waals surface area contributed by atoms with Gasteiger partial charge in [0.05, 0.1) is 6.10 Å². The first-order valence-corrected chi connectivity index (χ1v) is 7.21. The summed E-state index contributed by atoms with van der Waals surface area (Å²) in [6.45, 7) is 17.5. The average molecular weight is 243 g/mol. The van der Waals surface area contributed by atoms with Crippen molar-refractivity contribution in [2.45, 2.75) is 73.5 Å². The second-order valence-corrected chi connectivity index (χ2v) is 6.16. The van der Waals surface area contributed by atoms with Gasteiger partial charge in [-0.15, -0.1) is 0 Å². The summed E-state index contributed by atoms with van der Waals surface area (Å²) in [5, 5.41) is 3.61. The molecular weight excluding hydrogens is 210 g/mol. The third-order valence-corrected chi connectivity index (χ3v) is 3.38. The second-order valence-electron chi connectivity index (χ2n) is 6.16. The van der Waals surface area contributed by atoms with Crippen LogP contribution < -0.4 is 5.32 Å². The fourth-order valence-corrected chi connectivity index (χ4v) is 2.33. The van der Waals surface area contributed by atoms with Gasteiger partial charge in [0.15, 0.2) is 0 Å². The van der Waals surface area contributed by atoms with Crippen LogP contribution in [0, 0.1) is 11.3 Å². The zero-order valence-electron chi connectivity index (χ0n) is 13.0. The molecule has 0 saturated heterocycles. The molecule has 0 aromatic rings. The van der Waals surface area contributed by atoms with Gasteiger partial charge in [0.1, 0.15) is 0 Å². The van der Waals surface area contributed by atoms with Crippen molar-refractivity contribution in [3.8, 4) is 0 Å². The van der Waals surface area contributed by atoms with Gasteiger partial charge in [-0.3, -0.25) is 0 Å². The van der Waals surface area contributed by atoms with Gasteiger partial charge in [0.25, 0.3) is 0 Å². The molecule has 0 aromatic heterocycles. The lowest BCUT2D eigenvalue weighted by Gasteiger charge is -2.38. The zero-order chi connectivity index (χ0) is 13.5. The summed E-state index contributed by atoms with van der Waals surface area (Å²) in [6.07, 6.45) is 2.73. The topological polar surface area (TPSA) is 21.3 Å². The molecule has 0 fully saturated rings. The van der Waals surface area contributed by atoms with Crippen LogP contribution in [0.2, 0.25) is 0 Å². The van der Waals surface area contributed by atoms with Gasteiger partial charge in [-0.2, -0.15) is 0 Å². The summed E-state index contributed by atoms with van der Waals surface area (Å²) in [5.74, 6) is 0.754. The van der Waals surface area contributed by atoms with Gasteiger partial charge in [-0.05, 0) is 31.2 Å². The van der Waals surface area contributed by atoms with Crippen molar-refractivity contribution in [2.24, 2.45) is 11.3 Å². The van der Waals surface area contributed by atoms with E-state index in [0.29, 0.717) is 12.1 Å². The Morgan fingerprint density at radius 1 is 1.12 bits per heavy atom. The summed E-state index contributed by atoms with van der Waals surface area (Å²) in [5.41, 5.74) is 0.191. The second kappa shape index (κ2) is 8.10. The molecular formula is C15H33NO. The van der Waals surface area contributed by atoms with E-state index in [2.05, 4.69) is 53.8 Å². The highest BCUT2D eigenvalue weighted by atomic mass is 16.5. The van der Waals surface area contributed by atoms with Crippen molar-refractivity contribution in [2.75, 3.05) is 13.2 Å². The minimum absolute atomic E-state index is 0.191. The molecule has 0 aliphatic heterocycles. The van der Waals surface area contributed by atoms with Gasteiger partial charge in [0, 0.05) is 12.6 Å². The van der Waals surface area contributed by atoms with Gasteiger partial charge >= 0.3 is 0 Å². The Kier molecular flexibility index (Phi) is 8.06. The number of likely N-dealkylation sites (N-methyl/N-ethyl adjacent to an activating group) is 1. The molecule has 0 bridgehead atoms. The number of nitrogens with one attached hydrogen (secondary N) is 1. The predicted molar refractivity (Wildman–Crippen MR) is 76.4 cm³/mol. The van der Waals surface area contributed by atoms with Crippen molar-refractivity contribution in [3.05, 3.63) is 0 Å². The fraction of sp³-hybridized carbons (Fsp3) is 1.00. The Morgan fingerprint density at radius 3 is 2.06 bits per heavy atom. The normalized spacial score (nSPS) is 17.8. The van der Waals surface area contributed by atoms with Crippen LogP contribution >= 0.6 is 0 Å². The summed E-state index contributed by atoms with van der Waals surface area (Å²) >= 11 is 0. The zero-order valence-corrected chi connectivity index (χ0v) is 13.0. The quantitative estimate of drug-likeness (QED) is 0.699. The van der Waals surface area contributed by atoms with Gasteiger partial charge in [0.2, 0.25) is 0 Å². The van der Waals surface area contributed by atoms with Crippen LogP contribution in [0.1, 0.15) is 61.3 Å². The van der Waals surface area contributed by atoms with Crippen LogP contribution in [-0.2, 0) is 4.74 Å². The molecule has 0 amide bonds. The van der Waals surface area contributed by atoms with Crippen molar-refractivity contribution in [3.63, 3.8) is 0 Å². The molecule has 0 radical (unpaired) electrons. The smallest absolute Gasteiger partial charge is 0.0776 e. The number of rotatable bonds is 8. The van der Waals surface area contributed by atoms with Gasteiger partial charge < -0.3 is 10.1 Å². The molecule has 2 nitrogen and oxygen atoms in total. The van der Waals surface area contributed by atoms with Crippen LogP contribution in [0.4, 0.5) is 0 Å². The minimum Gasteiger partial charge on any atom is -0.376 e. The highest BCUT2D eigenvalue weighted by Gasteiger charge is 2.32. The maximum absolute atomic E-state index is 6.00. The lowest BCUT2D eigenvalue weighted by Crippen LogP contribution is -2.49. The Morgan fingerprint density at radius 2 is 1.71 bits per heavy atom. The van der Waals surface area contributed by atoms with Crippen LogP contribution in [-0.4, -0.2) is 25.3 Å². The third kappa shape index (κ3) is 6.42. The third-order valence-electron chi connectivity index (χ3n) is 3.38. The van der Waals surface area contributed by atoms with Crippen molar-refractivity contribution in [1.29, 1.82) is 0 Å². The largest absolute Gasteiger partial charge is 0.376 e. The maximum atomic E-state index is 6.00. The summed E-state index contributed by atoms with van der Waals surface area (Å²) < 4.78 is 6.00. The van der Waals surface area contributed by atoms with Crippen LogP contribution in [0.3, 0.4) is 0 Å². The molecule has 2 heteroatoms. The van der Waals surface area contributed by atoms with E-state index < -0.39 is 0 Å². The van der Waals surface area contributed by atoms with Gasteiger partial charge in [-0.25, -0.2) is 0 Å². The monoisotopic (exact) mass is 243 g/mol. The van der Waals surface area contributed by atoms with E-state index in [1.165, 1.54) is 12.8 Å². The molecule has 17 heavy (non-hydrogen) atoms. The van der Waals surface area contributed by atoms with Crippen LogP contribution in [0.25, 0.3) is 0 Å². The first-order valence-electron chi connectivity index (χ1n) is 7.21. The number of ether oxygens (including phenoxy) is 1. The Hall–Kier alpha value is -0.0800. The van der Waals surface area contributed by atoms with Gasteiger partial charge in [-0.1, -0.05) is 48.0 Å². The standard InChI is InChI=1S/C15H33NO/c1-8-12(4)11-13(16-9-2)14(17-10-3)15(5,6)7/h12-14,16H,8-11H2,1-7H3. The SMILES string of the molecule is CCNC(CC(C)CC)C(OCC)C(C)(C)C. The highest BCUT2D eigenvalue weighted by Crippen LogP contribution is 2.28. The number of hydrogen-bond acceptors (Lipinski definition) is 2. The maximum Gasteiger partial charge on any atom is 0.0776 e. The van der Waals surface area contributed by atoms with E-state index in [0.717, 1.165) is 19.1 Å². The summed E-state index contributed by atoms with van der Waals surface area (Å²) in [7, 11) is 0. The first kappa shape index (κ1) is 16.9. The minimum atomic E-state index is 0.191. The number of hydrogen-bond donors (Lipinski definition) is 1. The molecule has 1 N–H and O–H groups in total.